The highest BCUT2D eigenvalue weighted by atomic mass is 14.7. The molecule has 1 aromatic heterocycles. The standard InChI is InChI=1S/C10H12N2/c1-3-9-6-5-8(7-11)10(4-2)12-9/h5-6H,3-4H2,1-2H3. The zero-order valence-electron chi connectivity index (χ0n) is 7.46. The van der Waals surface area contributed by atoms with E-state index in [1.165, 1.54) is 0 Å². The Kier molecular flexibility index (Phi) is 2.82. The number of hydrogen-bond acceptors (Lipinski definition) is 2. The van der Waals surface area contributed by atoms with Crippen LogP contribution in [-0.4, -0.2) is 4.98 Å². The van der Waals surface area contributed by atoms with E-state index in [-0.39, 0.29) is 0 Å². The summed E-state index contributed by atoms with van der Waals surface area (Å²) in [4.78, 5) is 4.36. The molecule has 1 aromatic rings. The minimum Gasteiger partial charge on any atom is -0.257 e. The third kappa shape index (κ3) is 1.62. The second-order valence-electron chi connectivity index (χ2n) is 2.62. The van der Waals surface area contributed by atoms with Crippen LogP contribution in [0.5, 0.6) is 0 Å². The predicted molar refractivity (Wildman–Crippen MR) is 47.7 cm³/mol. The highest BCUT2D eigenvalue weighted by Gasteiger charge is 2.01. The summed E-state index contributed by atoms with van der Waals surface area (Å²) < 4.78 is 0. The van der Waals surface area contributed by atoms with Crippen molar-refractivity contribution in [3.63, 3.8) is 0 Å². The lowest BCUT2D eigenvalue weighted by Gasteiger charge is -2.01. The maximum absolute atomic E-state index is 8.72. The second kappa shape index (κ2) is 3.87. The third-order valence-electron chi connectivity index (χ3n) is 1.85. The second-order valence-corrected chi connectivity index (χ2v) is 2.62. The van der Waals surface area contributed by atoms with E-state index in [1.54, 1.807) is 0 Å². The van der Waals surface area contributed by atoms with Crippen LogP contribution in [0.1, 0.15) is 30.8 Å². The number of hydrogen-bond donors (Lipinski definition) is 0. The Morgan fingerprint density at radius 2 is 2.08 bits per heavy atom. The SMILES string of the molecule is CCc1ccc(C#N)c(CC)n1. The Morgan fingerprint density at radius 1 is 1.33 bits per heavy atom. The third-order valence-corrected chi connectivity index (χ3v) is 1.85. The summed E-state index contributed by atoms with van der Waals surface area (Å²) in [5, 5.41) is 8.72. The summed E-state index contributed by atoms with van der Waals surface area (Å²) in [6, 6.07) is 5.90. The van der Waals surface area contributed by atoms with Gasteiger partial charge in [0, 0.05) is 5.69 Å². The topological polar surface area (TPSA) is 36.7 Å². The van der Waals surface area contributed by atoms with Crippen LogP contribution in [0.2, 0.25) is 0 Å². The van der Waals surface area contributed by atoms with E-state index in [0.717, 1.165) is 24.2 Å². The summed E-state index contributed by atoms with van der Waals surface area (Å²) in [6.45, 7) is 4.08. The van der Waals surface area contributed by atoms with Gasteiger partial charge in [0.1, 0.15) is 6.07 Å². The molecule has 0 fully saturated rings. The highest BCUT2D eigenvalue weighted by Crippen LogP contribution is 2.07. The fourth-order valence-corrected chi connectivity index (χ4v) is 1.11. The molecule has 0 unspecified atom stereocenters. The van der Waals surface area contributed by atoms with Gasteiger partial charge in [0.25, 0.3) is 0 Å². The lowest BCUT2D eigenvalue weighted by molar-refractivity contribution is 0.948. The number of nitriles is 1. The molecular weight excluding hydrogens is 148 g/mol. The number of aromatic nitrogens is 1. The Balaban J connectivity index is 3.13. The minimum atomic E-state index is 0.703. The summed E-state index contributed by atoms with van der Waals surface area (Å²) >= 11 is 0. The Labute approximate surface area is 72.9 Å². The fraction of sp³-hybridized carbons (Fsp3) is 0.400. The van der Waals surface area contributed by atoms with Crippen LogP contribution in [0.15, 0.2) is 12.1 Å². The van der Waals surface area contributed by atoms with Gasteiger partial charge in [-0.1, -0.05) is 13.8 Å². The average molecular weight is 160 g/mol. The molecule has 0 bridgehead atoms. The summed E-state index contributed by atoms with van der Waals surface area (Å²) in [5.41, 5.74) is 2.68. The van der Waals surface area contributed by atoms with Gasteiger partial charge in [-0.05, 0) is 25.0 Å². The number of aryl methyl sites for hydroxylation is 2. The van der Waals surface area contributed by atoms with E-state index in [1.807, 2.05) is 19.1 Å². The first-order chi connectivity index (χ1) is 5.81. The Morgan fingerprint density at radius 3 is 2.58 bits per heavy atom. The van der Waals surface area contributed by atoms with Gasteiger partial charge in [-0.15, -0.1) is 0 Å². The van der Waals surface area contributed by atoms with Gasteiger partial charge in [-0.25, -0.2) is 0 Å². The maximum Gasteiger partial charge on any atom is 0.101 e. The molecule has 0 radical (unpaired) electrons. The van der Waals surface area contributed by atoms with E-state index in [4.69, 9.17) is 5.26 Å². The zero-order chi connectivity index (χ0) is 8.97. The fourth-order valence-electron chi connectivity index (χ4n) is 1.11. The van der Waals surface area contributed by atoms with Crippen molar-refractivity contribution in [3.8, 4) is 6.07 Å². The van der Waals surface area contributed by atoms with Gasteiger partial charge in [0.15, 0.2) is 0 Å². The van der Waals surface area contributed by atoms with Crippen molar-refractivity contribution >= 4 is 0 Å². The molecule has 0 aliphatic heterocycles. The van der Waals surface area contributed by atoms with Crippen molar-refractivity contribution in [2.45, 2.75) is 26.7 Å². The van der Waals surface area contributed by atoms with Crippen LogP contribution in [0.4, 0.5) is 0 Å². The summed E-state index contributed by atoms with van der Waals surface area (Å²) in [7, 11) is 0. The van der Waals surface area contributed by atoms with Crippen molar-refractivity contribution in [2.24, 2.45) is 0 Å². The number of nitrogens with zero attached hydrogens (tertiary/aromatic N) is 2. The normalized spacial score (nSPS) is 9.42. The maximum atomic E-state index is 8.72. The predicted octanol–water partition coefficient (Wildman–Crippen LogP) is 2.08. The van der Waals surface area contributed by atoms with Gasteiger partial charge in [-0.2, -0.15) is 5.26 Å². The van der Waals surface area contributed by atoms with Crippen LogP contribution in [0.3, 0.4) is 0 Å². The number of rotatable bonds is 2. The van der Waals surface area contributed by atoms with Gasteiger partial charge in [0.05, 0.1) is 11.3 Å². The Bertz CT molecular complexity index is 310. The van der Waals surface area contributed by atoms with E-state index >= 15 is 0 Å². The molecule has 0 aromatic carbocycles. The molecule has 0 N–H and O–H groups in total. The van der Waals surface area contributed by atoms with Crippen molar-refractivity contribution in [1.82, 2.24) is 4.98 Å². The molecule has 62 valence electrons. The first-order valence-corrected chi connectivity index (χ1v) is 4.20. The van der Waals surface area contributed by atoms with Crippen LogP contribution in [-0.2, 0) is 12.8 Å². The van der Waals surface area contributed by atoms with Crippen molar-refractivity contribution in [2.75, 3.05) is 0 Å². The molecule has 12 heavy (non-hydrogen) atoms. The molecular formula is C10H12N2. The molecule has 0 spiro atoms. The lowest BCUT2D eigenvalue weighted by atomic mass is 10.1. The molecule has 0 amide bonds. The quantitative estimate of drug-likeness (QED) is 0.664. The minimum absolute atomic E-state index is 0.703. The van der Waals surface area contributed by atoms with Gasteiger partial charge < -0.3 is 0 Å². The van der Waals surface area contributed by atoms with E-state index in [0.29, 0.717) is 5.56 Å². The van der Waals surface area contributed by atoms with Gasteiger partial charge in [-0.3, -0.25) is 4.98 Å². The van der Waals surface area contributed by atoms with Crippen LogP contribution in [0, 0.1) is 11.3 Å². The Hall–Kier alpha value is -1.36. The monoisotopic (exact) mass is 160 g/mol. The van der Waals surface area contributed by atoms with E-state index < -0.39 is 0 Å². The molecule has 2 nitrogen and oxygen atoms in total. The first-order valence-electron chi connectivity index (χ1n) is 4.20. The smallest absolute Gasteiger partial charge is 0.101 e. The lowest BCUT2D eigenvalue weighted by Crippen LogP contribution is -1.96. The van der Waals surface area contributed by atoms with Crippen molar-refractivity contribution in [3.05, 3.63) is 29.1 Å². The van der Waals surface area contributed by atoms with Crippen molar-refractivity contribution < 1.29 is 0 Å². The number of pyridine rings is 1. The van der Waals surface area contributed by atoms with E-state index in [2.05, 4.69) is 18.0 Å². The van der Waals surface area contributed by atoms with Gasteiger partial charge >= 0.3 is 0 Å². The van der Waals surface area contributed by atoms with Crippen molar-refractivity contribution in [1.29, 1.82) is 5.26 Å². The van der Waals surface area contributed by atoms with Crippen LogP contribution in [0.25, 0.3) is 0 Å². The van der Waals surface area contributed by atoms with E-state index in [9.17, 15) is 0 Å². The largest absolute Gasteiger partial charge is 0.257 e. The zero-order valence-corrected chi connectivity index (χ0v) is 7.46. The molecule has 0 aliphatic carbocycles. The van der Waals surface area contributed by atoms with Gasteiger partial charge in [0.2, 0.25) is 0 Å². The first kappa shape index (κ1) is 8.73. The molecule has 1 heterocycles. The van der Waals surface area contributed by atoms with Crippen LogP contribution < -0.4 is 0 Å². The summed E-state index contributed by atoms with van der Waals surface area (Å²) in [5.74, 6) is 0. The molecule has 2 heteroatoms. The summed E-state index contributed by atoms with van der Waals surface area (Å²) in [6.07, 6.45) is 1.76. The van der Waals surface area contributed by atoms with Crippen LogP contribution >= 0.6 is 0 Å². The molecule has 0 aliphatic rings. The molecule has 0 saturated heterocycles. The highest BCUT2D eigenvalue weighted by molar-refractivity contribution is 5.34. The molecule has 1 rings (SSSR count). The average Bonchev–Trinajstić information content (AvgIpc) is 2.16. The molecule has 0 atom stereocenters. The molecule has 0 saturated carbocycles.